The van der Waals surface area contributed by atoms with Crippen molar-refractivity contribution in [3.05, 3.63) is 34.9 Å². The molecule has 1 fully saturated rings. The number of carbonyl (C=O) groups is 1. The zero-order chi connectivity index (χ0) is 13.7. The third-order valence-corrected chi connectivity index (χ3v) is 4.10. The molecule has 104 valence electrons. The van der Waals surface area contributed by atoms with Crippen molar-refractivity contribution in [1.29, 1.82) is 0 Å². The highest BCUT2D eigenvalue weighted by atomic mass is 35.5. The first kappa shape index (κ1) is 14.4. The van der Waals surface area contributed by atoms with Crippen molar-refractivity contribution in [2.75, 3.05) is 6.54 Å². The summed E-state index contributed by atoms with van der Waals surface area (Å²) >= 11 is 5.82. The summed E-state index contributed by atoms with van der Waals surface area (Å²) < 4.78 is 0. The van der Waals surface area contributed by atoms with Crippen LogP contribution in [0, 0.1) is 5.92 Å². The molecule has 19 heavy (non-hydrogen) atoms. The van der Waals surface area contributed by atoms with E-state index < -0.39 is 0 Å². The molecule has 2 rings (SSSR count). The minimum atomic E-state index is 0.0460. The van der Waals surface area contributed by atoms with E-state index in [4.69, 9.17) is 17.3 Å². The maximum Gasteiger partial charge on any atom is 0.224 e. The molecule has 0 spiro atoms. The number of hydrogen-bond donors (Lipinski definition) is 2. The molecule has 1 unspecified atom stereocenters. The molecule has 1 aliphatic rings. The van der Waals surface area contributed by atoms with Crippen LogP contribution in [0.5, 0.6) is 0 Å². The number of nitrogens with two attached hydrogens (primary N) is 1. The van der Waals surface area contributed by atoms with Gasteiger partial charge >= 0.3 is 0 Å². The Morgan fingerprint density at radius 1 is 1.32 bits per heavy atom. The number of carbonyl (C=O) groups excluding carboxylic acids is 1. The van der Waals surface area contributed by atoms with Gasteiger partial charge in [-0.05, 0) is 36.5 Å². The molecular weight excluding hydrogens is 260 g/mol. The second kappa shape index (κ2) is 6.92. The molecule has 0 aliphatic heterocycles. The topological polar surface area (TPSA) is 55.1 Å². The van der Waals surface area contributed by atoms with Crippen molar-refractivity contribution in [3.8, 4) is 0 Å². The normalized spacial score (nSPS) is 17.4. The summed E-state index contributed by atoms with van der Waals surface area (Å²) in [5.74, 6) is 0.601. The molecule has 0 saturated heterocycles. The number of rotatable bonds is 5. The van der Waals surface area contributed by atoms with Crippen LogP contribution in [0.2, 0.25) is 5.02 Å². The smallest absolute Gasteiger partial charge is 0.224 e. The second-order valence-corrected chi connectivity index (χ2v) is 5.69. The average molecular weight is 281 g/mol. The minimum Gasteiger partial charge on any atom is -0.352 e. The summed E-state index contributed by atoms with van der Waals surface area (Å²) in [4.78, 5) is 12.0. The van der Waals surface area contributed by atoms with E-state index in [1.165, 1.54) is 25.7 Å². The zero-order valence-corrected chi connectivity index (χ0v) is 11.8. The van der Waals surface area contributed by atoms with Gasteiger partial charge in [-0.1, -0.05) is 36.6 Å². The van der Waals surface area contributed by atoms with Crippen molar-refractivity contribution in [3.63, 3.8) is 0 Å². The lowest BCUT2D eigenvalue weighted by Crippen LogP contribution is -2.45. The van der Waals surface area contributed by atoms with Crippen molar-refractivity contribution < 1.29 is 4.79 Å². The largest absolute Gasteiger partial charge is 0.352 e. The summed E-state index contributed by atoms with van der Waals surface area (Å²) in [6.45, 7) is 0.525. The fourth-order valence-electron chi connectivity index (χ4n) is 2.77. The van der Waals surface area contributed by atoms with E-state index in [1.54, 1.807) is 0 Å². The molecule has 1 atom stereocenters. The third kappa shape index (κ3) is 4.22. The highest BCUT2D eigenvalue weighted by Crippen LogP contribution is 2.27. The Hall–Kier alpha value is -1.06. The van der Waals surface area contributed by atoms with Crippen LogP contribution < -0.4 is 11.1 Å². The highest BCUT2D eigenvalue weighted by molar-refractivity contribution is 6.30. The molecular formula is C15H21ClN2O. The quantitative estimate of drug-likeness (QED) is 0.871. The van der Waals surface area contributed by atoms with Gasteiger partial charge in [-0.2, -0.15) is 0 Å². The van der Waals surface area contributed by atoms with Gasteiger partial charge in [0.2, 0.25) is 5.91 Å². The summed E-state index contributed by atoms with van der Waals surface area (Å²) in [5.41, 5.74) is 6.76. The van der Waals surface area contributed by atoms with E-state index in [0.717, 1.165) is 5.56 Å². The van der Waals surface area contributed by atoms with Gasteiger partial charge in [0, 0.05) is 17.6 Å². The van der Waals surface area contributed by atoms with Crippen LogP contribution in [-0.4, -0.2) is 18.5 Å². The fraction of sp³-hybridized carbons (Fsp3) is 0.533. The van der Waals surface area contributed by atoms with Crippen LogP contribution in [0.1, 0.15) is 31.2 Å². The Morgan fingerprint density at radius 3 is 2.53 bits per heavy atom. The number of nitrogens with one attached hydrogen (secondary N) is 1. The molecule has 1 saturated carbocycles. The number of amides is 1. The molecule has 0 bridgehead atoms. The lowest BCUT2D eigenvalue weighted by Gasteiger charge is -2.23. The van der Waals surface area contributed by atoms with Gasteiger partial charge in [0.05, 0.1) is 6.42 Å². The molecule has 1 aromatic carbocycles. The average Bonchev–Trinajstić information content (AvgIpc) is 2.92. The van der Waals surface area contributed by atoms with Crippen LogP contribution >= 0.6 is 11.6 Å². The predicted octanol–water partition coefficient (Wildman–Crippen LogP) is 2.52. The van der Waals surface area contributed by atoms with Crippen molar-refractivity contribution in [2.24, 2.45) is 11.7 Å². The van der Waals surface area contributed by atoms with Crippen LogP contribution in [0.4, 0.5) is 0 Å². The molecule has 1 aliphatic carbocycles. The first-order chi connectivity index (χ1) is 9.19. The van der Waals surface area contributed by atoms with Crippen LogP contribution in [0.25, 0.3) is 0 Å². The van der Waals surface area contributed by atoms with Gasteiger partial charge in [0.15, 0.2) is 0 Å². The maximum atomic E-state index is 12.0. The zero-order valence-electron chi connectivity index (χ0n) is 11.1. The predicted molar refractivity (Wildman–Crippen MR) is 78.1 cm³/mol. The van der Waals surface area contributed by atoms with Crippen molar-refractivity contribution >= 4 is 17.5 Å². The SMILES string of the molecule is NCC(NC(=O)Cc1ccc(Cl)cc1)C1CCCC1. The lowest BCUT2D eigenvalue weighted by atomic mass is 9.98. The number of halogens is 1. The Morgan fingerprint density at radius 2 is 1.95 bits per heavy atom. The van der Waals surface area contributed by atoms with E-state index >= 15 is 0 Å². The minimum absolute atomic E-state index is 0.0460. The third-order valence-electron chi connectivity index (χ3n) is 3.85. The molecule has 3 N–H and O–H groups in total. The summed E-state index contributed by atoms with van der Waals surface area (Å²) in [6.07, 6.45) is 5.27. The summed E-state index contributed by atoms with van der Waals surface area (Å²) in [6, 6.07) is 7.51. The van der Waals surface area contributed by atoms with Gasteiger partial charge in [-0.25, -0.2) is 0 Å². The van der Waals surface area contributed by atoms with E-state index in [1.807, 2.05) is 24.3 Å². The monoisotopic (exact) mass is 280 g/mol. The molecule has 1 aromatic rings. The van der Waals surface area contributed by atoms with E-state index in [0.29, 0.717) is 23.9 Å². The second-order valence-electron chi connectivity index (χ2n) is 5.26. The Bertz CT molecular complexity index is 413. The van der Waals surface area contributed by atoms with Gasteiger partial charge in [0.1, 0.15) is 0 Å². The van der Waals surface area contributed by atoms with Gasteiger partial charge < -0.3 is 11.1 Å². The fourth-order valence-corrected chi connectivity index (χ4v) is 2.90. The van der Waals surface area contributed by atoms with E-state index in [9.17, 15) is 4.79 Å². The highest BCUT2D eigenvalue weighted by Gasteiger charge is 2.25. The van der Waals surface area contributed by atoms with E-state index in [-0.39, 0.29) is 11.9 Å². The molecule has 0 heterocycles. The first-order valence-electron chi connectivity index (χ1n) is 6.93. The molecule has 1 amide bonds. The Labute approximate surface area is 119 Å². The Balaban J connectivity index is 1.87. The summed E-state index contributed by atoms with van der Waals surface area (Å²) in [5, 5.41) is 3.76. The molecule has 3 nitrogen and oxygen atoms in total. The van der Waals surface area contributed by atoms with Crippen LogP contribution in [0.15, 0.2) is 24.3 Å². The van der Waals surface area contributed by atoms with Gasteiger partial charge in [0.25, 0.3) is 0 Å². The molecule has 4 heteroatoms. The maximum absolute atomic E-state index is 12.0. The van der Waals surface area contributed by atoms with Gasteiger partial charge in [-0.3, -0.25) is 4.79 Å². The molecule has 0 aromatic heterocycles. The van der Waals surface area contributed by atoms with Crippen LogP contribution in [-0.2, 0) is 11.2 Å². The van der Waals surface area contributed by atoms with E-state index in [2.05, 4.69) is 5.32 Å². The Kier molecular flexibility index (Phi) is 5.23. The summed E-state index contributed by atoms with van der Waals surface area (Å²) in [7, 11) is 0. The van der Waals surface area contributed by atoms with Crippen molar-refractivity contribution in [2.45, 2.75) is 38.1 Å². The van der Waals surface area contributed by atoms with Crippen molar-refractivity contribution in [1.82, 2.24) is 5.32 Å². The number of hydrogen-bond acceptors (Lipinski definition) is 2. The lowest BCUT2D eigenvalue weighted by molar-refractivity contribution is -0.121. The first-order valence-corrected chi connectivity index (χ1v) is 7.30. The standard InChI is InChI=1S/C15H21ClN2O/c16-13-7-5-11(6-8-13)9-15(19)18-14(10-17)12-3-1-2-4-12/h5-8,12,14H,1-4,9-10,17H2,(H,18,19). The molecule has 0 radical (unpaired) electrons. The number of benzene rings is 1. The van der Waals surface area contributed by atoms with Gasteiger partial charge in [-0.15, -0.1) is 0 Å². The van der Waals surface area contributed by atoms with Crippen LogP contribution in [0.3, 0.4) is 0 Å².